The van der Waals surface area contributed by atoms with Crippen LogP contribution in [-0.4, -0.2) is 27.6 Å². The van der Waals surface area contributed by atoms with Gasteiger partial charge in [0.05, 0.1) is 6.20 Å². The van der Waals surface area contributed by atoms with E-state index in [4.69, 9.17) is 12.6 Å². The monoisotopic (exact) mass is 197 g/mol. The van der Waals surface area contributed by atoms with Gasteiger partial charge in [0.1, 0.15) is 11.3 Å². The van der Waals surface area contributed by atoms with Gasteiger partial charge < -0.3 is 5.11 Å². The molecule has 69 valence electrons. The summed E-state index contributed by atoms with van der Waals surface area (Å²) in [6.07, 6.45) is 4.43. The van der Waals surface area contributed by atoms with E-state index in [0.717, 1.165) is 0 Å². The lowest BCUT2D eigenvalue weighted by Gasteiger charge is -2.24. The van der Waals surface area contributed by atoms with E-state index in [2.05, 4.69) is 10.5 Å². The van der Waals surface area contributed by atoms with Gasteiger partial charge in [-0.3, -0.25) is 5.01 Å². The van der Waals surface area contributed by atoms with E-state index in [9.17, 15) is 5.11 Å². The number of aliphatic imine (C=N–C) groups is 1. The average Bonchev–Trinajstić information content (AvgIpc) is 2.49. The Kier molecular flexibility index (Phi) is 1.95. The molecule has 13 heavy (non-hydrogen) atoms. The number of rotatable bonds is 1. The fraction of sp³-hybridized carbons (Fsp3) is 0.286. The lowest BCUT2D eigenvalue weighted by molar-refractivity contribution is -0.00535. The van der Waals surface area contributed by atoms with Crippen LogP contribution in [-0.2, 0) is 0 Å². The summed E-state index contributed by atoms with van der Waals surface area (Å²) in [5, 5.41) is 13.1. The van der Waals surface area contributed by atoms with Gasteiger partial charge in [-0.15, -0.1) is 5.53 Å². The maximum atomic E-state index is 9.27. The molecule has 1 radical (unpaired) electrons. The van der Waals surface area contributed by atoms with Crippen LogP contribution in [0.1, 0.15) is 6.92 Å². The molecule has 2 rings (SSSR count). The number of hydrogen-bond donors (Lipinski definition) is 2. The molecule has 2 aliphatic heterocycles. The van der Waals surface area contributed by atoms with Crippen LogP contribution >= 0.6 is 12.6 Å². The van der Waals surface area contributed by atoms with Crippen molar-refractivity contribution in [3.63, 3.8) is 0 Å². The number of aliphatic hydroxyl groups excluding tert-OH is 1. The summed E-state index contributed by atoms with van der Waals surface area (Å²) in [5.41, 5.74) is 2.88. The molecule has 0 fully saturated rings. The predicted octanol–water partition coefficient (Wildman–Crippen LogP) is 0.284. The standard InChI is InChI=1S/C7H9N4OS/c1-5(12)10-4-6-8-3-2-7(13)11(6)9-10/h2-5,9,12H,1H3/t5-/m0/s1. The van der Waals surface area contributed by atoms with E-state index in [0.29, 0.717) is 10.9 Å². The molecule has 0 aromatic carbocycles. The minimum absolute atomic E-state index is 0.615. The minimum atomic E-state index is -0.615. The number of nitrogens with zero attached hydrogens (tertiary/aromatic N) is 3. The molecule has 2 heterocycles. The third-order valence-electron chi connectivity index (χ3n) is 1.75. The second-order valence-corrected chi connectivity index (χ2v) is 3.16. The second-order valence-electron chi connectivity index (χ2n) is 2.74. The van der Waals surface area contributed by atoms with Gasteiger partial charge in [-0.05, 0) is 13.0 Å². The summed E-state index contributed by atoms with van der Waals surface area (Å²) >= 11 is 5.05. The van der Waals surface area contributed by atoms with Gasteiger partial charge in [0.2, 0.25) is 0 Å². The van der Waals surface area contributed by atoms with Crippen molar-refractivity contribution in [1.29, 1.82) is 0 Å². The normalized spacial score (nSPS) is 22.6. The highest BCUT2D eigenvalue weighted by molar-refractivity contribution is 7.84. The first-order chi connectivity index (χ1) is 6.18. The molecule has 0 aromatic heterocycles. The quantitative estimate of drug-likeness (QED) is 0.634. The van der Waals surface area contributed by atoms with Gasteiger partial charge in [0.15, 0.2) is 5.82 Å². The van der Waals surface area contributed by atoms with Crippen LogP contribution in [0.3, 0.4) is 0 Å². The number of allylic oxidation sites excluding steroid dienone is 1. The van der Waals surface area contributed by atoms with Crippen LogP contribution < -0.4 is 5.53 Å². The molecular weight excluding hydrogens is 188 g/mol. The lowest BCUT2D eigenvalue weighted by atomic mass is 10.5. The van der Waals surface area contributed by atoms with Gasteiger partial charge in [-0.2, -0.15) is 0 Å². The van der Waals surface area contributed by atoms with Crippen LogP contribution in [0.15, 0.2) is 28.1 Å². The van der Waals surface area contributed by atoms with Gasteiger partial charge >= 0.3 is 0 Å². The molecular formula is C7H9N4OS. The van der Waals surface area contributed by atoms with E-state index < -0.39 is 6.23 Å². The zero-order valence-electron chi connectivity index (χ0n) is 7.01. The first kappa shape index (κ1) is 8.49. The number of nitrogens with one attached hydrogen (secondary N) is 1. The molecule has 2 N–H and O–H groups in total. The lowest BCUT2D eigenvalue weighted by Crippen LogP contribution is -2.43. The Balaban J connectivity index is 2.22. The van der Waals surface area contributed by atoms with Crippen molar-refractivity contribution < 1.29 is 5.11 Å². The first-order valence-electron chi connectivity index (χ1n) is 3.84. The molecule has 0 amide bonds. The SMILES string of the molecule is C[C@H](O)N1C=C2N=CC=C([S])N2N1. The maximum Gasteiger partial charge on any atom is 0.167 e. The van der Waals surface area contributed by atoms with Crippen molar-refractivity contribution in [2.75, 3.05) is 0 Å². The molecule has 6 heteroatoms. The van der Waals surface area contributed by atoms with Crippen molar-refractivity contribution in [2.24, 2.45) is 4.99 Å². The van der Waals surface area contributed by atoms with Gasteiger partial charge in [0.25, 0.3) is 0 Å². The molecule has 0 spiro atoms. The topological polar surface area (TPSA) is 51.1 Å². The average molecular weight is 197 g/mol. The van der Waals surface area contributed by atoms with E-state index in [1.54, 1.807) is 30.4 Å². The molecule has 0 saturated heterocycles. The molecule has 0 saturated carbocycles. The smallest absolute Gasteiger partial charge is 0.167 e. The van der Waals surface area contributed by atoms with Crippen LogP contribution in [0.5, 0.6) is 0 Å². The van der Waals surface area contributed by atoms with Crippen molar-refractivity contribution in [2.45, 2.75) is 13.2 Å². The zero-order chi connectivity index (χ0) is 9.42. The third kappa shape index (κ3) is 1.39. The summed E-state index contributed by atoms with van der Waals surface area (Å²) in [6.45, 7) is 1.65. The van der Waals surface area contributed by atoms with Gasteiger partial charge in [-0.1, -0.05) is 12.6 Å². The van der Waals surface area contributed by atoms with Crippen molar-refractivity contribution in [3.8, 4) is 0 Å². The number of aliphatic hydroxyl groups is 1. The Morgan fingerprint density at radius 2 is 2.46 bits per heavy atom. The van der Waals surface area contributed by atoms with Gasteiger partial charge in [0, 0.05) is 6.21 Å². The Labute approximate surface area is 81.4 Å². The fourth-order valence-electron chi connectivity index (χ4n) is 1.07. The molecule has 0 aliphatic carbocycles. The zero-order valence-corrected chi connectivity index (χ0v) is 7.82. The number of fused-ring (bicyclic) bond motifs is 1. The highest BCUT2D eigenvalue weighted by Gasteiger charge is 2.25. The molecule has 5 nitrogen and oxygen atoms in total. The van der Waals surface area contributed by atoms with Crippen LogP contribution in [0, 0.1) is 0 Å². The van der Waals surface area contributed by atoms with Gasteiger partial charge in [-0.25, -0.2) is 10.0 Å². The molecule has 0 unspecified atom stereocenters. The highest BCUT2D eigenvalue weighted by atomic mass is 32.1. The molecule has 1 atom stereocenters. The van der Waals surface area contributed by atoms with E-state index in [1.165, 1.54) is 5.01 Å². The highest BCUT2D eigenvalue weighted by Crippen LogP contribution is 2.23. The van der Waals surface area contributed by atoms with E-state index >= 15 is 0 Å². The Morgan fingerprint density at radius 1 is 1.69 bits per heavy atom. The van der Waals surface area contributed by atoms with Crippen LogP contribution in [0.25, 0.3) is 0 Å². The number of hydrogen-bond acceptors (Lipinski definition) is 5. The second kappa shape index (κ2) is 2.99. The largest absolute Gasteiger partial charge is 0.372 e. The first-order valence-corrected chi connectivity index (χ1v) is 4.25. The summed E-state index contributed by atoms with van der Waals surface area (Å²) in [7, 11) is 0. The van der Waals surface area contributed by atoms with Crippen LogP contribution in [0.4, 0.5) is 0 Å². The molecule has 0 bridgehead atoms. The summed E-state index contributed by atoms with van der Waals surface area (Å²) < 4.78 is 0. The Bertz CT molecular complexity index is 310. The van der Waals surface area contributed by atoms with Crippen molar-refractivity contribution >= 4 is 18.8 Å². The molecule has 0 aromatic rings. The summed E-state index contributed by atoms with van der Waals surface area (Å²) in [6, 6.07) is 0. The van der Waals surface area contributed by atoms with Crippen LogP contribution in [0.2, 0.25) is 0 Å². The summed E-state index contributed by atoms with van der Waals surface area (Å²) in [5.74, 6) is 0.688. The van der Waals surface area contributed by atoms with E-state index in [-0.39, 0.29) is 0 Å². The molecule has 2 aliphatic rings. The third-order valence-corrected chi connectivity index (χ3v) is 2.06. The maximum absolute atomic E-state index is 9.27. The Morgan fingerprint density at radius 3 is 3.08 bits per heavy atom. The van der Waals surface area contributed by atoms with Crippen molar-refractivity contribution in [1.82, 2.24) is 15.6 Å². The van der Waals surface area contributed by atoms with Crippen molar-refractivity contribution in [3.05, 3.63) is 23.1 Å². The fourth-order valence-corrected chi connectivity index (χ4v) is 1.27. The summed E-state index contributed by atoms with van der Waals surface area (Å²) in [4.78, 5) is 4.08. The minimum Gasteiger partial charge on any atom is -0.372 e. The Hall–Kier alpha value is -1.11. The number of hydrazine groups is 2. The predicted molar refractivity (Wildman–Crippen MR) is 50.7 cm³/mol. The van der Waals surface area contributed by atoms with E-state index in [1.807, 2.05) is 0 Å².